The van der Waals surface area contributed by atoms with E-state index in [-0.39, 0.29) is 34.2 Å². The molecule has 4 N–H and O–H groups in total. The van der Waals surface area contributed by atoms with Gasteiger partial charge in [0.05, 0.1) is 37.5 Å². The van der Waals surface area contributed by atoms with Gasteiger partial charge in [-0.2, -0.15) is 18.3 Å². The molecule has 2 aromatic carbocycles. The highest BCUT2D eigenvalue weighted by Crippen LogP contribution is 2.40. The van der Waals surface area contributed by atoms with Crippen LogP contribution in [0.1, 0.15) is 62.8 Å². The number of amides is 3. The maximum Gasteiger partial charge on any atom is 0.416 e. The van der Waals surface area contributed by atoms with Crippen molar-refractivity contribution in [3.05, 3.63) is 92.5 Å². The molecule has 4 aromatic rings. The van der Waals surface area contributed by atoms with Gasteiger partial charge in [-0.1, -0.05) is 24.3 Å². The quantitative estimate of drug-likeness (QED) is 0.129. The third-order valence-corrected chi connectivity index (χ3v) is 8.19. The number of thiophene rings is 2. The molecule has 0 saturated carbocycles. The van der Waals surface area contributed by atoms with Gasteiger partial charge in [-0.25, -0.2) is 5.43 Å². The molecule has 0 fully saturated rings. The van der Waals surface area contributed by atoms with Crippen LogP contribution < -0.4 is 16.1 Å². The Kier molecular flexibility index (Phi) is 9.12. The van der Waals surface area contributed by atoms with E-state index in [1.165, 1.54) is 31.2 Å². The summed E-state index contributed by atoms with van der Waals surface area (Å²) in [5.41, 5.74) is 4.10. The third-order valence-electron chi connectivity index (χ3n) is 6.09. The number of anilines is 1. The van der Waals surface area contributed by atoms with Crippen molar-refractivity contribution in [1.29, 1.82) is 0 Å². The summed E-state index contributed by atoms with van der Waals surface area (Å²) in [4.78, 5) is 37.5. The molecule has 0 aliphatic heterocycles. The Morgan fingerprint density at radius 2 is 1.52 bits per heavy atom. The van der Waals surface area contributed by atoms with Gasteiger partial charge in [0.1, 0.15) is 5.75 Å². The van der Waals surface area contributed by atoms with E-state index >= 15 is 0 Å². The fourth-order valence-corrected chi connectivity index (χ4v) is 5.68. The molecule has 42 heavy (non-hydrogen) atoms. The first-order valence-corrected chi connectivity index (χ1v) is 14.1. The minimum absolute atomic E-state index is 0.163. The molecule has 4 rings (SSSR count). The average molecular weight is 615 g/mol. The summed E-state index contributed by atoms with van der Waals surface area (Å²) >= 11 is 2.11. The maximum absolute atomic E-state index is 12.9. The largest absolute Gasteiger partial charge is 0.506 e. The minimum atomic E-state index is -4.46. The molecule has 0 saturated heterocycles. The van der Waals surface area contributed by atoms with Crippen molar-refractivity contribution in [3.63, 3.8) is 0 Å². The number of hydrogen-bond acceptors (Lipinski definition) is 7. The molecular weight excluding hydrogens is 589 g/mol. The summed E-state index contributed by atoms with van der Waals surface area (Å²) in [5.74, 6) is -1.27. The van der Waals surface area contributed by atoms with Crippen molar-refractivity contribution in [2.45, 2.75) is 33.0 Å². The van der Waals surface area contributed by atoms with Gasteiger partial charge in [0.25, 0.3) is 11.8 Å². The monoisotopic (exact) mass is 614 g/mol. The van der Waals surface area contributed by atoms with Crippen LogP contribution in [0.3, 0.4) is 0 Å². The summed E-state index contributed by atoms with van der Waals surface area (Å²) in [6, 6.07) is 14.2. The summed E-state index contributed by atoms with van der Waals surface area (Å²) in [6.07, 6.45) is -4.46. The van der Waals surface area contributed by atoms with Crippen LogP contribution in [0.15, 0.2) is 71.1 Å². The molecule has 8 nitrogen and oxygen atoms in total. The highest BCUT2D eigenvalue weighted by Gasteiger charge is 2.30. The van der Waals surface area contributed by atoms with Crippen LogP contribution in [0.25, 0.3) is 10.4 Å². The summed E-state index contributed by atoms with van der Waals surface area (Å²) < 4.78 is 38.6. The molecule has 0 radical (unpaired) electrons. The predicted molar refractivity (Wildman–Crippen MR) is 157 cm³/mol. The second-order valence-corrected chi connectivity index (χ2v) is 11.2. The number of nitrogens with zero attached hydrogens (tertiary/aromatic N) is 1. The first-order valence-electron chi connectivity index (χ1n) is 12.4. The topological polar surface area (TPSA) is 120 Å². The van der Waals surface area contributed by atoms with E-state index in [0.29, 0.717) is 26.6 Å². The Balaban J connectivity index is 1.37. The van der Waals surface area contributed by atoms with E-state index in [9.17, 15) is 32.7 Å². The molecule has 2 heterocycles. The zero-order valence-electron chi connectivity index (χ0n) is 22.5. The highest BCUT2D eigenvalue weighted by atomic mass is 32.1. The number of hydrazone groups is 1. The van der Waals surface area contributed by atoms with Gasteiger partial charge in [-0.3, -0.25) is 14.4 Å². The Bertz CT molecular complexity index is 1640. The van der Waals surface area contributed by atoms with Gasteiger partial charge in [0, 0.05) is 18.0 Å². The van der Waals surface area contributed by atoms with Crippen LogP contribution in [0.5, 0.6) is 5.75 Å². The van der Waals surface area contributed by atoms with Crippen LogP contribution in [0.2, 0.25) is 0 Å². The lowest BCUT2D eigenvalue weighted by Gasteiger charge is -2.14. The van der Waals surface area contributed by atoms with Gasteiger partial charge in [0.15, 0.2) is 0 Å². The lowest BCUT2D eigenvalue weighted by Crippen LogP contribution is -2.25. The van der Waals surface area contributed by atoms with E-state index in [1.54, 1.807) is 36.6 Å². The molecule has 3 amide bonds. The molecular formula is C29H25F3N4O4S2. The van der Waals surface area contributed by atoms with Crippen molar-refractivity contribution >= 4 is 51.8 Å². The van der Waals surface area contributed by atoms with Crippen molar-refractivity contribution in [2.24, 2.45) is 5.10 Å². The van der Waals surface area contributed by atoms with Gasteiger partial charge in [0.2, 0.25) is 5.91 Å². The first-order chi connectivity index (χ1) is 19.8. The van der Waals surface area contributed by atoms with Crippen LogP contribution in [-0.4, -0.2) is 28.5 Å². The fourth-order valence-electron chi connectivity index (χ4n) is 3.87. The summed E-state index contributed by atoms with van der Waals surface area (Å²) in [6.45, 7) is 4.79. The lowest BCUT2D eigenvalue weighted by molar-refractivity contribution is -0.137. The molecule has 13 heteroatoms. The molecule has 1 unspecified atom stereocenters. The fraction of sp³-hybridized carbons (Fsp3) is 0.172. The smallest absolute Gasteiger partial charge is 0.416 e. The van der Waals surface area contributed by atoms with Crippen LogP contribution in [-0.2, 0) is 11.0 Å². The Morgan fingerprint density at radius 3 is 2.12 bits per heavy atom. The van der Waals surface area contributed by atoms with E-state index in [1.807, 2.05) is 6.92 Å². The van der Waals surface area contributed by atoms with E-state index in [2.05, 4.69) is 21.2 Å². The molecule has 0 aliphatic rings. The second kappa shape index (κ2) is 12.6. The number of hydrogen-bond donors (Lipinski definition) is 4. The maximum atomic E-state index is 12.9. The van der Waals surface area contributed by atoms with Crippen LogP contribution in [0, 0.1) is 0 Å². The van der Waals surface area contributed by atoms with Gasteiger partial charge < -0.3 is 15.7 Å². The van der Waals surface area contributed by atoms with Gasteiger partial charge in [-0.15, -0.1) is 22.7 Å². The lowest BCUT2D eigenvalue weighted by atomic mass is 10.1. The van der Waals surface area contributed by atoms with Gasteiger partial charge in [-0.05, 0) is 61.4 Å². The number of benzene rings is 2. The molecule has 0 spiro atoms. The third kappa shape index (κ3) is 7.22. The van der Waals surface area contributed by atoms with E-state index < -0.39 is 17.6 Å². The summed E-state index contributed by atoms with van der Waals surface area (Å²) in [5, 5.41) is 21.9. The SMILES string of the molecule is CC(=O)Nc1ccc(C(C)NC(=O)c2ccc(C(=O)N/N=C(\C)c3csc(-c4ccc(C(F)(F)F)cc4)c3O)s2)cc1. The Morgan fingerprint density at radius 1 is 0.905 bits per heavy atom. The zero-order valence-corrected chi connectivity index (χ0v) is 24.1. The number of aromatic hydroxyl groups is 1. The van der Waals surface area contributed by atoms with E-state index in [0.717, 1.165) is 40.4 Å². The predicted octanol–water partition coefficient (Wildman–Crippen LogP) is 6.80. The van der Waals surface area contributed by atoms with Gasteiger partial charge >= 0.3 is 6.18 Å². The van der Waals surface area contributed by atoms with Crippen molar-refractivity contribution in [1.82, 2.24) is 10.7 Å². The number of halogens is 3. The number of carbonyl (C=O) groups is 3. The minimum Gasteiger partial charge on any atom is -0.506 e. The normalized spacial score (nSPS) is 12.5. The summed E-state index contributed by atoms with van der Waals surface area (Å²) in [7, 11) is 0. The Labute approximate surface area is 246 Å². The van der Waals surface area contributed by atoms with E-state index in [4.69, 9.17) is 0 Å². The number of rotatable bonds is 8. The van der Waals surface area contributed by atoms with Crippen LogP contribution in [0.4, 0.5) is 18.9 Å². The standard InChI is InChI=1S/C29H25F3N4O4S2/c1-15(18-6-10-21(11-7-18)34-17(3)37)33-27(39)23-12-13-24(42-23)28(40)36-35-16(2)22-14-41-26(25(22)38)19-4-8-20(9-5-19)29(30,31)32/h4-15,38H,1-3H3,(H,33,39)(H,34,37)(H,36,40)/b35-16+. The molecule has 0 aliphatic carbocycles. The number of nitrogens with one attached hydrogen (secondary N) is 3. The Hall–Kier alpha value is -4.49. The van der Waals surface area contributed by atoms with Crippen molar-refractivity contribution in [3.8, 4) is 16.2 Å². The molecule has 218 valence electrons. The average Bonchev–Trinajstić information content (AvgIpc) is 3.59. The number of alkyl halides is 3. The van der Waals surface area contributed by atoms with Crippen molar-refractivity contribution < 1.29 is 32.7 Å². The molecule has 0 bridgehead atoms. The second-order valence-electron chi connectivity index (χ2n) is 9.20. The number of carbonyl (C=O) groups excluding carboxylic acids is 3. The zero-order chi connectivity index (χ0) is 30.6. The molecule has 2 aromatic heterocycles. The van der Waals surface area contributed by atoms with Crippen molar-refractivity contribution in [2.75, 3.05) is 5.32 Å². The molecule has 1 atom stereocenters. The first kappa shape index (κ1) is 30.5. The highest BCUT2D eigenvalue weighted by molar-refractivity contribution is 7.16. The van der Waals surface area contributed by atoms with Crippen LogP contribution >= 0.6 is 22.7 Å².